The molecule has 3 nitrogen and oxygen atoms in total. The van der Waals surface area contributed by atoms with Crippen molar-refractivity contribution in [2.75, 3.05) is 6.61 Å². The second kappa shape index (κ2) is 7.06. The number of esters is 1. The number of hydrogen-bond donors (Lipinski definition) is 0. The quantitative estimate of drug-likeness (QED) is 0.760. The molecule has 0 amide bonds. The molecule has 4 rings (SSSR count). The standard InChI is InChI=1S/C23H24O3/c1-2-26-22(24)14-19-17-10-6-7-11-18(17)20-12-16(13-21(19)23(20)25)15-8-4-3-5-9-15/h3-11,16,19-21H,2,12-14H2,1H3/t16?,19?,20-,21+/m0/s1. The lowest BCUT2D eigenvalue weighted by molar-refractivity contribution is -0.144. The van der Waals surface area contributed by atoms with Crippen LogP contribution in [0.4, 0.5) is 0 Å². The zero-order chi connectivity index (χ0) is 18.1. The van der Waals surface area contributed by atoms with Gasteiger partial charge in [0, 0.05) is 17.8 Å². The molecule has 1 saturated carbocycles. The first-order chi connectivity index (χ1) is 12.7. The van der Waals surface area contributed by atoms with Gasteiger partial charge in [-0.3, -0.25) is 9.59 Å². The average Bonchev–Trinajstić information content (AvgIpc) is 2.66. The first-order valence-corrected chi connectivity index (χ1v) is 9.52. The Morgan fingerprint density at radius 3 is 2.42 bits per heavy atom. The van der Waals surface area contributed by atoms with E-state index in [-0.39, 0.29) is 30.1 Å². The van der Waals surface area contributed by atoms with E-state index in [9.17, 15) is 9.59 Å². The van der Waals surface area contributed by atoms with Crippen LogP contribution in [0.25, 0.3) is 0 Å². The van der Waals surface area contributed by atoms with Crippen LogP contribution in [-0.2, 0) is 14.3 Å². The Morgan fingerprint density at radius 1 is 1.00 bits per heavy atom. The molecular weight excluding hydrogens is 324 g/mol. The first-order valence-electron chi connectivity index (χ1n) is 9.52. The van der Waals surface area contributed by atoms with Gasteiger partial charge in [-0.05, 0) is 42.4 Å². The molecule has 3 heteroatoms. The van der Waals surface area contributed by atoms with Crippen LogP contribution in [0.2, 0.25) is 0 Å². The minimum absolute atomic E-state index is 0.0476. The number of carbonyl (C=O) groups is 2. The van der Waals surface area contributed by atoms with Crippen molar-refractivity contribution >= 4 is 11.8 Å². The lowest BCUT2D eigenvalue weighted by atomic mass is 9.59. The van der Waals surface area contributed by atoms with Crippen LogP contribution < -0.4 is 0 Å². The zero-order valence-electron chi connectivity index (χ0n) is 15.1. The third-order valence-corrected chi connectivity index (χ3v) is 5.99. The highest BCUT2D eigenvalue weighted by atomic mass is 16.5. The minimum Gasteiger partial charge on any atom is -0.466 e. The minimum atomic E-state index is -0.208. The summed E-state index contributed by atoms with van der Waals surface area (Å²) in [5.74, 6) is 0.250. The molecule has 26 heavy (non-hydrogen) atoms. The topological polar surface area (TPSA) is 43.4 Å². The number of fused-ring (bicyclic) bond motifs is 4. The maximum Gasteiger partial charge on any atom is 0.306 e. The van der Waals surface area contributed by atoms with Crippen LogP contribution in [0.1, 0.15) is 60.6 Å². The Balaban J connectivity index is 1.72. The Morgan fingerprint density at radius 2 is 1.69 bits per heavy atom. The number of benzene rings is 2. The van der Waals surface area contributed by atoms with Crippen molar-refractivity contribution in [2.45, 2.75) is 43.9 Å². The summed E-state index contributed by atoms with van der Waals surface area (Å²) in [5.41, 5.74) is 3.58. The Hall–Kier alpha value is -2.42. The van der Waals surface area contributed by atoms with Crippen LogP contribution in [0.3, 0.4) is 0 Å². The highest BCUT2D eigenvalue weighted by Gasteiger charge is 2.47. The van der Waals surface area contributed by atoms with Gasteiger partial charge in [0.1, 0.15) is 5.78 Å². The molecule has 0 heterocycles. The van der Waals surface area contributed by atoms with Crippen LogP contribution in [0.5, 0.6) is 0 Å². The molecule has 1 fully saturated rings. The third kappa shape index (κ3) is 2.96. The van der Waals surface area contributed by atoms with E-state index in [0.29, 0.717) is 18.3 Å². The summed E-state index contributed by atoms with van der Waals surface area (Å²) in [6.07, 6.45) is 1.97. The van der Waals surface area contributed by atoms with Crippen molar-refractivity contribution in [2.24, 2.45) is 5.92 Å². The van der Waals surface area contributed by atoms with Gasteiger partial charge in [-0.1, -0.05) is 54.6 Å². The zero-order valence-corrected chi connectivity index (χ0v) is 15.1. The van der Waals surface area contributed by atoms with Crippen LogP contribution in [0.15, 0.2) is 54.6 Å². The van der Waals surface area contributed by atoms with Gasteiger partial charge < -0.3 is 4.74 Å². The molecule has 0 N–H and O–H groups in total. The molecule has 2 aliphatic rings. The summed E-state index contributed by atoms with van der Waals surface area (Å²) in [6.45, 7) is 2.20. The van der Waals surface area contributed by atoms with Gasteiger partial charge in [0.25, 0.3) is 0 Å². The average molecular weight is 348 g/mol. The molecule has 2 aromatic carbocycles. The largest absolute Gasteiger partial charge is 0.466 e. The molecule has 2 aromatic rings. The highest BCUT2D eigenvalue weighted by molar-refractivity contribution is 5.92. The summed E-state index contributed by atoms with van der Waals surface area (Å²) in [6, 6.07) is 18.6. The van der Waals surface area contributed by atoms with E-state index in [4.69, 9.17) is 4.74 Å². The normalized spacial score (nSPS) is 26.9. The lowest BCUT2D eigenvalue weighted by Gasteiger charge is -2.43. The monoisotopic (exact) mass is 348 g/mol. The third-order valence-electron chi connectivity index (χ3n) is 5.99. The van der Waals surface area contributed by atoms with E-state index in [1.165, 1.54) is 11.1 Å². The fourth-order valence-electron chi connectivity index (χ4n) is 4.85. The highest BCUT2D eigenvalue weighted by Crippen LogP contribution is 2.53. The molecule has 0 spiro atoms. The summed E-state index contributed by atoms with van der Waals surface area (Å²) in [4.78, 5) is 25.4. The number of carbonyl (C=O) groups excluding carboxylic acids is 2. The van der Waals surface area contributed by atoms with Crippen molar-refractivity contribution in [3.63, 3.8) is 0 Å². The van der Waals surface area contributed by atoms with E-state index in [1.54, 1.807) is 0 Å². The summed E-state index contributed by atoms with van der Waals surface area (Å²) >= 11 is 0. The summed E-state index contributed by atoms with van der Waals surface area (Å²) in [7, 11) is 0. The number of ether oxygens (including phenoxy) is 1. The van der Waals surface area contributed by atoms with Gasteiger partial charge in [-0.2, -0.15) is 0 Å². The van der Waals surface area contributed by atoms with Crippen LogP contribution in [0, 0.1) is 5.92 Å². The van der Waals surface area contributed by atoms with Crippen molar-refractivity contribution in [3.05, 3.63) is 71.3 Å². The SMILES string of the molecule is CCOC(=O)CC1c2ccccc2[C@@H]2CC(c3ccccc3)C[C@H]1C2=O. The van der Waals surface area contributed by atoms with Crippen LogP contribution in [-0.4, -0.2) is 18.4 Å². The molecule has 0 radical (unpaired) electrons. The number of ketones is 1. The maximum absolute atomic E-state index is 13.1. The molecule has 4 atom stereocenters. The molecule has 0 aliphatic heterocycles. The predicted octanol–water partition coefficient (Wildman–Crippen LogP) is 4.58. The van der Waals surface area contributed by atoms with Gasteiger partial charge in [0.2, 0.25) is 0 Å². The second-order valence-corrected chi connectivity index (χ2v) is 7.39. The fraction of sp³-hybridized carbons (Fsp3) is 0.391. The van der Waals surface area contributed by atoms with Gasteiger partial charge in [0.05, 0.1) is 13.0 Å². The van der Waals surface area contributed by atoms with Gasteiger partial charge in [-0.25, -0.2) is 0 Å². The molecule has 2 aliphatic carbocycles. The fourth-order valence-corrected chi connectivity index (χ4v) is 4.85. The van der Waals surface area contributed by atoms with Crippen molar-refractivity contribution < 1.29 is 14.3 Å². The number of hydrogen-bond acceptors (Lipinski definition) is 3. The van der Waals surface area contributed by atoms with Crippen molar-refractivity contribution in [3.8, 4) is 0 Å². The second-order valence-electron chi connectivity index (χ2n) is 7.39. The van der Waals surface area contributed by atoms with Crippen molar-refractivity contribution in [1.29, 1.82) is 0 Å². The number of rotatable bonds is 4. The summed E-state index contributed by atoms with van der Waals surface area (Å²) in [5, 5.41) is 0. The molecular formula is C23H24O3. The molecule has 0 aromatic heterocycles. The van der Waals surface area contributed by atoms with Crippen molar-refractivity contribution in [1.82, 2.24) is 0 Å². The molecule has 0 saturated heterocycles. The van der Waals surface area contributed by atoms with E-state index < -0.39 is 0 Å². The van der Waals surface area contributed by atoms with Gasteiger partial charge >= 0.3 is 5.97 Å². The van der Waals surface area contributed by atoms with E-state index >= 15 is 0 Å². The predicted molar refractivity (Wildman–Crippen MR) is 100 cm³/mol. The Kier molecular flexibility index (Phi) is 4.62. The van der Waals surface area contributed by atoms with E-state index in [1.807, 2.05) is 25.1 Å². The lowest BCUT2D eigenvalue weighted by Crippen LogP contribution is -2.40. The molecule has 2 unspecified atom stereocenters. The van der Waals surface area contributed by atoms with E-state index in [0.717, 1.165) is 18.4 Å². The maximum atomic E-state index is 13.1. The summed E-state index contributed by atoms with van der Waals surface area (Å²) < 4.78 is 5.19. The molecule has 2 bridgehead atoms. The van der Waals surface area contributed by atoms with E-state index in [2.05, 4.69) is 36.4 Å². The van der Waals surface area contributed by atoms with Gasteiger partial charge in [-0.15, -0.1) is 0 Å². The van der Waals surface area contributed by atoms with Gasteiger partial charge in [0.15, 0.2) is 0 Å². The Bertz CT molecular complexity index is 811. The number of Topliss-reactive ketones (excluding diaryl/α,β-unsaturated/α-hetero) is 1. The van der Waals surface area contributed by atoms with Crippen LogP contribution >= 0.6 is 0 Å². The molecule has 134 valence electrons. The Labute approximate surface area is 154 Å². The smallest absolute Gasteiger partial charge is 0.306 e. The first kappa shape index (κ1) is 17.0.